The average molecular weight is 507 g/mol. The molecule has 2 amide bonds. The third-order valence-electron chi connectivity index (χ3n) is 5.19. The minimum Gasteiger partial charge on any atom is -0.457 e. The summed E-state index contributed by atoms with van der Waals surface area (Å²) in [6.07, 6.45) is 1.57. The maximum absolute atomic E-state index is 13.3. The minimum atomic E-state index is -0.532. The van der Waals surface area contributed by atoms with E-state index in [1.165, 1.54) is 16.2 Å². The molecule has 5 nitrogen and oxygen atoms in total. The van der Waals surface area contributed by atoms with Crippen molar-refractivity contribution in [2.75, 3.05) is 4.90 Å². The number of anilines is 1. The summed E-state index contributed by atoms with van der Waals surface area (Å²) in [5, 5.41) is 2.64. The second kappa shape index (κ2) is 10.4. The summed E-state index contributed by atoms with van der Waals surface area (Å²) >= 11 is 6.70. The quantitative estimate of drug-likeness (QED) is 0.165. The Bertz CT molecular complexity index is 1530. The lowest BCUT2D eigenvalue weighted by atomic mass is 10.1. The molecule has 7 heteroatoms. The molecule has 1 saturated heterocycles. The van der Waals surface area contributed by atoms with Gasteiger partial charge in [0.25, 0.3) is 11.8 Å². The molecule has 0 unspecified atom stereocenters. The number of thiocarbonyl (C=S) groups is 1. The van der Waals surface area contributed by atoms with E-state index < -0.39 is 11.8 Å². The fourth-order valence-electron chi connectivity index (χ4n) is 3.47. The molecule has 1 fully saturated rings. The number of carbonyl (C=O) groups is 2. The second-order valence-electron chi connectivity index (χ2n) is 7.68. The summed E-state index contributed by atoms with van der Waals surface area (Å²) < 4.78 is 5.81. The van der Waals surface area contributed by atoms with Crippen molar-refractivity contribution >= 4 is 52.2 Å². The summed E-state index contributed by atoms with van der Waals surface area (Å²) in [5.74, 6) is 6.52. The summed E-state index contributed by atoms with van der Waals surface area (Å²) in [6.45, 7) is 0. The van der Waals surface area contributed by atoms with Gasteiger partial charge in [-0.15, -0.1) is 11.3 Å². The van der Waals surface area contributed by atoms with Gasteiger partial charge in [-0.1, -0.05) is 48.2 Å². The first-order valence-electron chi connectivity index (χ1n) is 11.0. The highest BCUT2D eigenvalue weighted by molar-refractivity contribution is 7.80. The van der Waals surface area contributed by atoms with Crippen molar-refractivity contribution in [2.24, 2.45) is 0 Å². The molecule has 0 saturated carbocycles. The van der Waals surface area contributed by atoms with E-state index in [9.17, 15) is 9.59 Å². The van der Waals surface area contributed by atoms with Crippen LogP contribution in [-0.4, -0.2) is 16.9 Å². The highest BCUT2D eigenvalue weighted by atomic mass is 32.1. The SMILES string of the molecule is O=C1NC(=S)N(c2ccc(Oc3ccccc3)cc2)C(=O)C1=Cc1ccc(C#Cc2ccccc2)s1. The number of para-hydroxylation sites is 1. The first-order chi connectivity index (χ1) is 17.6. The van der Waals surface area contributed by atoms with Gasteiger partial charge < -0.3 is 4.74 Å². The van der Waals surface area contributed by atoms with E-state index in [-0.39, 0.29) is 10.7 Å². The summed E-state index contributed by atoms with van der Waals surface area (Å²) in [7, 11) is 0. The normalized spacial score (nSPS) is 14.3. The highest BCUT2D eigenvalue weighted by Gasteiger charge is 2.34. The van der Waals surface area contributed by atoms with Crippen LogP contribution in [0.5, 0.6) is 11.5 Å². The molecule has 174 valence electrons. The Hall–Kier alpha value is -4.51. The average Bonchev–Trinajstić information content (AvgIpc) is 3.35. The van der Waals surface area contributed by atoms with Crippen LogP contribution in [0.3, 0.4) is 0 Å². The highest BCUT2D eigenvalue weighted by Crippen LogP contribution is 2.28. The number of rotatable bonds is 4. The third kappa shape index (κ3) is 5.26. The van der Waals surface area contributed by atoms with Crippen LogP contribution in [0.15, 0.2) is 103 Å². The van der Waals surface area contributed by atoms with E-state index in [4.69, 9.17) is 17.0 Å². The molecule has 36 heavy (non-hydrogen) atoms. The van der Waals surface area contributed by atoms with Crippen LogP contribution in [0.25, 0.3) is 6.08 Å². The number of carbonyl (C=O) groups excluding carboxylic acids is 2. The van der Waals surface area contributed by atoms with E-state index in [1.54, 1.807) is 30.3 Å². The van der Waals surface area contributed by atoms with Gasteiger partial charge in [-0.2, -0.15) is 0 Å². The molecule has 0 aliphatic carbocycles. The predicted octanol–water partition coefficient (Wildman–Crippen LogP) is 5.77. The van der Waals surface area contributed by atoms with Gasteiger partial charge in [0.2, 0.25) is 0 Å². The lowest BCUT2D eigenvalue weighted by molar-refractivity contribution is -0.122. The van der Waals surface area contributed by atoms with Crippen LogP contribution < -0.4 is 15.0 Å². The van der Waals surface area contributed by atoms with E-state index in [2.05, 4.69) is 17.2 Å². The van der Waals surface area contributed by atoms with Gasteiger partial charge in [-0.05, 0) is 79.0 Å². The molecule has 3 aromatic carbocycles. The molecule has 1 aromatic heterocycles. The fraction of sp³-hybridized carbons (Fsp3) is 0. The predicted molar refractivity (Wildman–Crippen MR) is 146 cm³/mol. The minimum absolute atomic E-state index is 0.00219. The molecule has 0 radical (unpaired) electrons. The number of nitrogens with one attached hydrogen (secondary N) is 1. The van der Waals surface area contributed by atoms with E-state index >= 15 is 0 Å². The van der Waals surface area contributed by atoms with Crippen LogP contribution >= 0.6 is 23.6 Å². The maximum atomic E-state index is 13.3. The Morgan fingerprint density at radius 1 is 0.806 bits per heavy atom. The Morgan fingerprint density at radius 3 is 2.19 bits per heavy atom. The van der Waals surface area contributed by atoms with Gasteiger partial charge >= 0.3 is 0 Å². The molecule has 5 rings (SSSR count). The van der Waals surface area contributed by atoms with Crippen molar-refractivity contribution in [3.05, 3.63) is 118 Å². The van der Waals surface area contributed by atoms with Crippen molar-refractivity contribution in [1.29, 1.82) is 0 Å². The molecule has 1 aliphatic heterocycles. The number of nitrogens with zero attached hydrogens (tertiary/aromatic N) is 1. The first kappa shape index (κ1) is 23.2. The Morgan fingerprint density at radius 2 is 1.47 bits per heavy atom. The van der Waals surface area contributed by atoms with Gasteiger partial charge in [0, 0.05) is 10.4 Å². The van der Waals surface area contributed by atoms with Crippen molar-refractivity contribution in [3.63, 3.8) is 0 Å². The monoisotopic (exact) mass is 506 g/mol. The Labute approximate surface area is 217 Å². The van der Waals surface area contributed by atoms with Gasteiger partial charge in [0.1, 0.15) is 17.1 Å². The number of benzene rings is 3. The van der Waals surface area contributed by atoms with Gasteiger partial charge in [-0.3, -0.25) is 19.8 Å². The molecule has 2 heterocycles. The number of ether oxygens (including phenoxy) is 1. The molecule has 0 atom stereocenters. The molecule has 0 bridgehead atoms. The first-order valence-corrected chi connectivity index (χ1v) is 12.2. The third-order valence-corrected chi connectivity index (χ3v) is 6.43. The van der Waals surface area contributed by atoms with Crippen molar-refractivity contribution in [2.45, 2.75) is 0 Å². The lowest BCUT2D eigenvalue weighted by Gasteiger charge is -2.28. The number of amides is 2. The molecular weight excluding hydrogens is 488 g/mol. The van der Waals surface area contributed by atoms with E-state index in [1.807, 2.05) is 72.8 Å². The standard InChI is InChI=1S/C29H18N2O3S2/c32-27-26(19-25-18-17-24(36-25)16-11-20-7-3-1-4-8-20)28(33)31(29(35)30-27)21-12-14-23(15-13-21)34-22-9-5-2-6-10-22/h1-10,12-15,17-19H,(H,30,32,35). The number of hydrogen-bond acceptors (Lipinski definition) is 5. The van der Waals surface area contributed by atoms with Gasteiger partial charge in [0.05, 0.1) is 10.6 Å². The van der Waals surface area contributed by atoms with Crippen molar-refractivity contribution in [3.8, 4) is 23.3 Å². The van der Waals surface area contributed by atoms with E-state index in [0.717, 1.165) is 15.3 Å². The van der Waals surface area contributed by atoms with Crippen molar-refractivity contribution < 1.29 is 14.3 Å². The van der Waals surface area contributed by atoms with Gasteiger partial charge in [-0.25, -0.2) is 0 Å². The van der Waals surface area contributed by atoms with Crippen LogP contribution in [-0.2, 0) is 9.59 Å². The molecule has 4 aromatic rings. The zero-order valence-corrected chi connectivity index (χ0v) is 20.4. The number of thiophene rings is 1. The summed E-state index contributed by atoms with van der Waals surface area (Å²) in [6, 6.07) is 29.7. The summed E-state index contributed by atoms with van der Waals surface area (Å²) in [4.78, 5) is 28.8. The molecule has 1 N–H and O–H groups in total. The van der Waals surface area contributed by atoms with Crippen molar-refractivity contribution in [1.82, 2.24) is 5.32 Å². The van der Waals surface area contributed by atoms with Crippen LogP contribution in [0.1, 0.15) is 15.3 Å². The zero-order chi connectivity index (χ0) is 24.9. The molecule has 0 spiro atoms. The van der Waals surface area contributed by atoms with Crippen LogP contribution in [0.2, 0.25) is 0 Å². The van der Waals surface area contributed by atoms with Gasteiger partial charge in [0.15, 0.2) is 5.11 Å². The summed E-state index contributed by atoms with van der Waals surface area (Å²) in [5.41, 5.74) is 1.44. The Balaban J connectivity index is 1.36. The van der Waals surface area contributed by atoms with Crippen LogP contribution in [0.4, 0.5) is 5.69 Å². The molecular formula is C29H18N2O3S2. The molecule has 1 aliphatic rings. The Kier molecular flexibility index (Phi) is 6.72. The van der Waals surface area contributed by atoms with Crippen LogP contribution in [0, 0.1) is 11.8 Å². The smallest absolute Gasteiger partial charge is 0.270 e. The fourth-order valence-corrected chi connectivity index (χ4v) is 4.56. The second-order valence-corrected chi connectivity index (χ2v) is 9.19. The lowest BCUT2D eigenvalue weighted by Crippen LogP contribution is -2.54. The maximum Gasteiger partial charge on any atom is 0.270 e. The largest absolute Gasteiger partial charge is 0.457 e. The zero-order valence-electron chi connectivity index (χ0n) is 18.8. The van der Waals surface area contributed by atoms with E-state index in [0.29, 0.717) is 17.2 Å². The number of hydrogen-bond donors (Lipinski definition) is 1. The topological polar surface area (TPSA) is 58.6 Å².